The Morgan fingerprint density at radius 2 is 0.378 bits per heavy atom. The van der Waals surface area contributed by atoms with Crippen molar-refractivity contribution >= 4 is 97.0 Å². The van der Waals surface area contributed by atoms with Gasteiger partial charge in [-0.25, -0.2) is 0 Å². The Morgan fingerprint density at radius 3 is 0.561 bits per heavy atom. The summed E-state index contributed by atoms with van der Waals surface area (Å²) >= 11 is 3.48. The zero-order valence-electron chi connectivity index (χ0n) is 58.8. The van der Waals surface area contributed by atoms with E-state index in [1.165, 1.54) is 153 Å². The molecule has 6 heteroatoms. The molecule has 16 rings (SSSR count). The minimum Gasteiger partial charge on any atom is -1.00 e. The van der Waals surface area contributed by atoms with Gasteiger partial charge in [0.25, 0.3) is 0 Å². The molecule has 0 aromatic heterocycles. The molecule has 16 aromatic rings. The molecule has 0 bridgehead atoms. The van der Waals surface area contributed by atoms with Crippen LogP contribution < -0.4 is 24.8 Å². The van der Waals surface area contributed by atoms with E-state index in [4.69, 9.17) is 0 Å². The predicted octanol–water partition coefficient (Wildman–Crippen LogP) is 21.6. The molecular weight excluding hydrogens is 1410 g/mol. The summed E-state index contributed by atoms with van der Waals surface area (Å²) in [6.45, 7) is 27.3. The van der Waals surface area contributed by atoms with Crippen molar-refractivity contribution < 1.29 is 71.5 Å². The Hall–Kier alpha value is -7.10. The van der Waals surface area contributed by atoms with Gasteiger partial charge in [-0.15, -0.1) is 138 Å². The maximum Gasteiger partial charge on any atom is -1.00 e. The molecule has 0 heterocycles. The van der Waals surface area contributed by atoms with E-state index in [0.29, 0.717) is 23.7 Å². The Morgan fingerprint density at radius 1 is 0.224 bits per heavy atom. The molecule has 0 saturated heterocycles. The van der Waals surface area contributed by atoms with Crippen LogP contribution in [-0.4, -0.2) is 10.9 Å². The van der Waals surface area contributed by atoms with Crippen molar-refractivity contribution in [3.05, 3.63) is 313 Å². The number of benzene rings is 12. The second kappa shape index (κ2) is 34.8. The molecule has 488 valence electrons. The molecule has 0 spiro atoms. The van der Waals surface area contributed by atoms with E-state index in [9.17, 15) is 0 Å². The molecule has 0 atom stereocenters. The first-order valence-corrected chi connectivity index (χ1v) is 46.5. The number of fused-ring (bicyclic) bond motifs is 8. The maximum atomic E-state index is 2.36. The number of hydrogen-bond donors (Lipinski definition) is 0. The third-order valence-electron chi connectivity index (χ3n) is 18.1. The van der Waals surface area contributed by atoms with E-state index in [1.54, 1.807) is 46.7 Å². The molecule has 0 nitrogen and oxygen atoms in total. The summed E-state index contributed by atoms with van der Waals surface area (Å²) in [6, 6.07) is 106. The molecule has 98 heavy (non-hydrogen) atoms. The van der Waals surface area contributed by atoms with Crippen LogP contribution in [0.4, 0.5) is 0 Å². The van der Waals surface area contributed by atoms with Gasteiger partial charge in [-0.3, -0.25) is 0 Å². The third kappa shape index (κ3) is 17.7. The van der Waals surface area contributed by atoms with Crippen LogP contribution >= 0.6 is 0 Å². The van der Waals surface area contributed by atoms with Crippen molar-refractivity contribution in [1.82, 2.24) is 0 Å². The second-order valence-corrected chi connectivity index (χ2v) is 45.9. The monoisotopic (exact) mass is 1500 g/mol. The van der Waals surface area contributed by atoms with Gasteiger partial charge >= 0.3 is 83.7 Å². The van der Waals surface area contributed by atoms with Crippen LogP contribution in [0.2, 0.25) is 26.2 Å². The molecule has 0 saturated carbocycles. The van der Waals surface area contributed by atoms with Crippen LogP contribution in [0.1, 0.15) is 101 Å². The summed E-state index contributed by atoms with van der Waals surface area (Å²) in [4.78, 5) is 0. The summed E-state index contributed by atoms with van der Waals surface area (Å²) in [6.07, 6.45) is 0. The molecule has 0 aliphatic heterocycles. The van der Waals surface area contributed by atoms with Crippen molar-refractivity contribution in [2.24, 2.45) is 0 Å². The normalized spacial score (nSPS) is 11.0. The predicted molar refractivity (Wildman–Crippen MR) is 421 cm³/mol. The summed E-state index contributed by atoms with van der Waals surface area (Å²) in [5, 5.41) is 21.3. The first-order valence-electron chi connectivity index (χ1n) is 34.2. The molecule has 0 aliphatic carbocycles. The molecule has 0 amide bonds. The second-order valence-electron chi connectivity index (χ2n) is 27.1. The van der Waals surface area contributed by atoms with Crippen LogP contribution in [0, 0.1) is 0 Å². The summed E-state index contributed by atoms with van der Waals surface area (Å²) in [5.74, 6) is 2.25. The third-order valence-corrected chi connectivity index (χ3v) is 18.1. The molecule has 16 aromatic carbocycles. The van der Waals surface area contributed by atoms with Gasteiger partial charge in [0.05, 0.1) is 0 Å². The van der Waals surface area contributed by atoms with E-state index >= 15 is 0 Å². The summed E-state index contributed by atoms with van der Waals surface area (Å²) < 4.78 is 0. The van der Waals surface area contributed by atoms with Crippen molar-refractivity contribution in [3.63, 3.8) is 0 Å². The first kappa shape index (κ1) is 75.1. The van der Waals surface area contributed by atoms with E-state index in [1.807, 2.05) is 0 Å². The molecule has 0 fully saturated rings. The largest absolute Gasteiger partial charge is 1.00 e. The van der Waals surface area contributed by atoms with Gasteiger partial charge in [-0.1, -0.05) is 272 Å². The number of halogens is 2. The van der Waals surface area contributed by atoms with Crippen LogP contribution in [0.5, 0.6) is 0 Å². The van der Waals surface area contributed by atoms with E-state index < -0.39 is 0 Å². The van der Waals surface area contributed by atoms with Gasteiger partial charge in [0.1, 0.15) is 0 Å². The van der Waals surface area contributed by atoms with Crippen molar-refractivity contribution in [2.45, 2.75) is 105 Å². The Balaban J connectivity index is 0.000000146. The fourth-order valence-electron chi connectivity index (χ4n) is 13.1. The van der Waals surface area contributed by atoms with Crippen LogP contribution in [0.3, 0.4) is 0 Å². The zero-order valence-corrected chi connectivity index (χ0v) is 67.2. The quantitative estimate of drug-likeness (QED) is 0.105. The molecular formula is C92H88Cl2Si2Zr2-2. The summed E-state index contributed by atoms with van der Waals surface area (Å²) in [5.41, 5.74) is 16.7. The van der Waals surface area contributed by atoms with Crippen molar-refractivity contribution in [3.8, 4) is 44.5 Å². The first-order chi connectivity index (χ1) is 46.4. The topological polar surface area (TPSA) is 0 Å². The fraction of sp³-hybridized carbons (Fsp3) is 0.174. The van der Waals surface area contributed by atoms with E-state index in [2.05, 4.69) is 373 Å². The van der Waals surface area contributed by atoms with E-state index in [-0.39, 0.29) is 35.7 Å². The average Bonchev–Trinajstić information content (AvgIpc) is 1.03. The van der Waals surface area contributed by atoms with Gasteiger partial charge in [-0.2, -0.15) is 24.3 Å². The van der Waals surface area contributed by atoms with Gasteiger partial charge in [0.2, 0.25) is 0 Å². The minimum atomic E-state index is 0. The fourth-order valence-corrected chi connectivity index (χ4v) is 13.1. The Labute approximate surface area is 625 Å². The van der Waals surface area contributed by atoms with Crippen LogP contribution in [-0.2, 0) is 46.7 Å². The standard InChI is InChI=1S/4C22H19.2C2H6Si.2ClH.2Zr/c4*1-15(2)18-13-17-9-6-12-21(22(17)14-18)20-11-5-8-16-7-3-4-10-19(16)20;2*1-3-2;;;;/h4*3-15H,1-2H3;2*1-2H3;2*1H;;/q4*-1;;;;;2*+2/p-2. The van der Waals surface area contributed by atoms with Crippen molar-refractivity contribution in [1.29, 1.82) is 0 Å². The maximum absolute atomic E-state index is 2.36. The number of rotatable bonds is 8. The van der Waals surface area contributed by atoms with Crippen LogP contribution in [0.15, 0.2) is 291 Å². The number of hydrogen-bond acceptors (Lipinski definition) is 0. The molecule has 0 N–H and O–H groups in total. The average molecular weight is 1500 g/mol. The zero-order chi connectivity index (χ0) is 67.6. The Bertz CT molecular complexity index is 4690. The molecule has 0 radical (unpaired) electrons. The van der Waals surface area contributed by atoms with Crippen molar-refractivity contribution in [2.75, 3.05) is 0 Å². The molecule has 0 unspecified atom stereocenters. The molecule has 0 aliphatic rings. The smallest absolute Gasteiger partial charge is 1.00 e. The van der Waals surface area contributed by atoms with Crippen LogP contribution in [0.25, 0.3) is 131 Å². The van der Waals surface area contributed by atoms with E-state index in [0.717, 1.165) is 0 Å². The SMILES string of the molecule is CC(C)c1cc2c(-c3cccc4ccccc34)cccc2[cH-]1.CC(C)c1cc2c(-c3cccc4ccccc34)cccc2[cH-]1.CC(C)c1cc2c(-c3cccc4ccccc34)cccc2[cH-]1.CC(C)c1cc2c(-c3cccc4ccccc34)cccc2[cH-]1.C[Si](C)=[Zr+2].C[Si](C)=[Zr+2].[Cl-].[Cl-]. The Kier molecular flexibility index (Phi) is 26.7. The van der Waals surface area contributed by atoms with Gasteiger partial charge < -0.3 is 24.8 Å². The minimum absolute atomic E-state index is 0. The van der Waals surface area contributed by atoms with Gasteiger partial charge in [0, 0.05) is 0 Å². The summed E-state index contributed by atoms with van der Waals surface area (Å²) in [7, 11) is 0. The van der Waals surface area contributed by atoms with Gasteiger partial charge in [-0.05, 0) is 89.0 Å². The van der Waals surface area contributed by atoms with Gasteiger partial charge in [0.15, 0.2) is 0 Å².